The van der Waals surface area contributed by atoms with Crippen LogP contribution in [0.4, 0.5) is 0 Å². The molecule has 0 amide bonds. The number of ether oxygens (including phenoxy) is 1. The zero-order chi connectivity index (χ0) is 13.0. The van der Waals surface area contributed by atoms with Gasteiger partial charge in [0.15, 0.2) is 17.9 Å². The monoisotopic (exact) mass is 256 g/mol. The van der Waals surface area contributed by atoms with E-state index >= 15 is 0 Å². The molecule has 2 unspecified atom stereocenters. The Morgan fingerprint density at radius 2 is 2.28 bits per heavy atom. The Bertz CT molecular complexity index is 478. The van der Waals surface area contributed by atoms with Crippen LogP contribution in [0.1, 0.15) is 0 Å². The Kier molecular flexibility index (Phi) is 2.24. The molecule has 9 nitrogen and oxygen atoms in total. The molecule has 6 N–H and O–H groups in total. The van der Waals surface area contributed by atoms with Gasteiger partial charge < -0.3 is 21.1 Å². The minimum absolute atomic E-state index is 0.0252. The molecule has 1 spiro atoms. The molecule has 1 saturated heterocycles. The third-order valence-electron chi connectivity index (χ3n) is 3.55. The van der Waals surface area contributed by atoms with Crippen molar-refractivity contribution in [1.82, 2.24) is 5.32 Å². The van der Waals surface area contributed by atoms with Gasteiger partial charge in [0.1, 0.15) is 13.2 Å². The minimum atomic E-state index is -1.20. The van der Waals surface area contributed by atoms with Gasteiger partial charge in [-0.2, -0.15) is 9.48 Å². The van der Waals surface area contributed by atoms with Crippen LogP contribution >= 0.6 is 0 Å². The van der Waals surface area contributed by atoms with E-state index in [1.807, 2.05) is 0 Å². The SMILES string of the molecule is NC1=NC(O)C2=C(N1)[N+]1(C=N2)COC1(CO)CO. The van der Waals surface area contributed by atoms with Crippen LogP contribution < -0.4 is 11.1 Å². The molecule has 1 fully saturated rings. The first-order valence-electron chi connectivity index (χ1n) is 5.40. The summed E-state index contributed by atoms with van der Waals surface area (Å²) in [7, 11) is 0. The fourth-order valence-corrected chi connectivity index (χ4v) is 2.37. The van der Waals surface area contributed by atoms with Crippen LogP contribution in [-0.4, -0.2) is 64.0 Å². The summed E-state index contributed by atoms with van der Waals surface area (Å²) in [6, 6.07) is 0. The van der Waals surface area contributed by atoms with Gasteiger partial charge in [0, 0.05) is 0 Å². The van der Waals surface area contributed by atoms with Crippen LogP contribution in [0.25, 0.3) is 0 Å². The summed E-state index contributed by atoms with van der Waals surface area (Å²) < 4.78 is 5.29. The van der Waals surface area contributed by atoms with Crippen LogP contribution in [0.15, 0.2) is 21.5 Å². The molecule has 0 aliphatic carbocycles. The zero-order valence-corrected chi connectivity index (χ0v) is 9.44. The van der Waals surface area contributed by atoms with E-state index in [0.29, 0.717) is 11.5 Å². The Balaban J connectivity index is 2.04. The highest BCUT2D eigenvalue weighted by Crippen LogP contribution is 2.43. The van der Waals surface area contributed by atoms with Gasteiger partial charge >= 0.3 is 0 Å². The van der Waals surface area contributed by atoms with Gasteiger partial charge in [-0.1, -0.05) is 0 Å². The van der Waals surface area contributed by atoms with E-state index in [-0.39, 0.29) is 30.4 Å². The van der Waals surface area contributed by atoms with Crippen molar-refractivity contribution in [2.75, 3.05) is 19.9 Å². The number of hydrogen-bond acceptors (Lipinski definition) is 8. The molecular weight excluding hydrogens is 242 g/mol. The van der Waals surface area contributed by atoms with E-state index < -0.39 is 12.0 Å². The smallest absolute Gasteiger partial charge is 0.268 e. The average molecular weight is 256 g/mol. The van der Waals surface area contributed by atoms with Crippen molar-refractivity contribution in [3.63, 3.8) is 0 Å². The summed E-state index contributed by atoms with van der Waals surface area (Å²) in [4.78, 5) is 7.83. The molecule has 3 aliphatic heterocycles. The van der Waals surface area contributed by atoms with Crippen molar-refractivity contribution in [1.29, 1.82) is 0 Å². The maximum absolute atomic E-state index is 9.76. The van der Waals surface area contributed by atoms with Gasteiger partial charge in [-0.3, -0.25) is 10.1 Å². The quantitative estimate of drug-likeness (QED) is 0.333. The summed E-state index contributed by atoms with van der Waals surface area (Å²) in [5.74, 6) is 0.533. The lowest BCUT2D eigenvalue weighted by molar-refractivity contribution is -0.983. The summed E-state index contributed by atoms with van der Waals surface area (Å²) >= 11 is 0. The number of aliphatic hydroxyl groups excluding tert-OH is 3. The Labute approximate surface area is 102 Å². The van der Waals surface area contributed by atoms with E-state index in [0.717, 1.165) is 0 Å². The fourth-order valence-electron chi connectivity index (χ4n) is 2.37. The maximum Gasteiger partial charge on any atom is 0.268 e. The van der Waals surface area contributed by atoms with Crippen molar-refractivity contribution in [2.45, 2.75) is 12.0 Å². The fraction of sp³-hybridized carbons (Fsp3) is 0.556. The van der Waals surface area contributed by atoms with Gasteiger partial charge in [-0.05, 0) is 0 Å². The topological polar surface area (TPSA) is 133 Å². The largest absolute Gasteiger partial charge is 0.387 e. The third-order valence-corrected chi connectivity index (χ3v) is 3.55. The molecular formula is C9H14N5O4+. The van der Waals surface area contributed by atoms with Crippen LogP contribution in [0.5, 0.6) is 0 Å². The van der Waals surface area contributed by atoms with E-state index in [9.17, 15) is 15.3 Å². The molecule has 0 bridgehead atoms. The normalized spacial score (nSPS) is 36.2. The van der Waals surface area contributed by atoms with Gasteiger partial charge in [0.05, 0.1) is 0 Å². The van der Waals surface area contributed by atoms with Gasteiger partial charge in [0.25, 0.3) is 5.72 Å². The van der Waals surface area contributed by atoms with Crippen molar-refractivity contribution in [3.8, 4) is 0 Å². The van der Waals surface area contributed by atoms with Gasteiger partial charge in [-0.25, -0.2) is 4.99 Å². The van der Waals surface area contributed by atoms with Gasteiger partial charge in [-0.15, -0.1) is 0 Å². The molecule has 3 heterocycles. The van der Waals surface area contributed by atoms with E-state index in [1.165, 1.54) is 6.34 Å². The third kappa shape index (κ3) is 1.12. The lowest BCUT2D eigenvalue weighted by Crippen LogP contribution is -2.79. The number of fused-ring (bicyclic) bond motifs is 1. The molecule has 2 atom stereocenters. The Hall–Kier alpha value is -1.52. The standard InChI is InChI=1S/C9H14N5O4/c10-8-12-6-5(7(17)13-8)11-3-14(6)4-18-9(14,1-15)2-16/h3,7,15-17H,1-2,4H2,(H3,10,12,13)/q+1. The molecule has 98 valence electrons. The van der Waals surface area contributed by atoms with Crippen LogP contribution in [-0.2, 0) is 4.74 Å². The van der Waals surface area contributed by atoms with Crippen molar-refractivity contribution in [2.24, 2.45) is 15.7 Å². The molecule has 9 heteroatoms. The molecule has 18 heavy (non-hydrogen) atoms. The summed E-state index contributed by atoms with van der Waals surface area (Å²) in [6.07, 6.45) is 0.357. The molecule has 3 rings (SSSR count). The Morgan fingerprint density at radius 1 is 1.56 bits per heavy atom. The predicted molar refractivity (Wildman–Crippen MR) is 59.4 cm³/mol. The average Bonchev–Trinajstić information content (AvgIpc) is 2.71. The summed E-state index contributed by atoms with van der Waals surface area (Å²) in [5.41, 5.74) is 4.68. The first-order valence-corrected chi connectivity index (χ1v) is 5.40. The molecule has 0 aromatic heterocycles. The highest BCUT2D eigenvalue weighted by atomic mass is 16.6. The van der Waals surface area contributed by atoms with Crippen molar-refractivity contribution < 1.29 is 24.5 Å². The van der Waals surface area contributed by atoms with Crippen LogP contribution in [0, 0.1) is 0 Å². The van der Waals surface area contributed by atoms with Crippen molar-refractivity contribution in [3.05, 3.63) is 11.5 Å². The molecule has 0 radical (unpaired) electrons. The molecule has 3 aliphatic rings. The molecule has 0 aromatic carbocycles. The Morgan fingerprint density at radius 3 is 2.83 bits per heavy atom. The van der Waals surface area contributed by atoms with E-state index in [2.05, 4.69) is 15.3 Å². The number of hydrogen-bond donors (Lipinski definition) is 5. The highest BCUT2D eigenvalue weighted by molar-refractivity contribution is 5.82. The van der Waals surface area contributed by atoms with Gasteiger partial charge in [0.2, 0.25) is 18.9 Å². The predicted octanol–water partition coefficient (Wildman–Crippen LogP) is -3.08. The number of aliphatic hydroxyl groups is 3. The zero-order valence-electron chi connectivity index (χ0n) is 9.44. The van der Waals surface area contributed by atoms with Crippen LogP contribution in [0.3, 0.4) is 0 Å². The molecule has 0 saturated carbocycles. The maximum atomic E-state index is 9.76. The number of rotatable bonds is 2. The summed E-state index contributed by atoms with van der Waals surface area (Å²) in [6.45, 7) is -0.585. The van der Waals surface area contributed by atoms with Crippen LogP contribution in [0.2, 0.25) is 0 Å². The van der Waals surface area contributed by atoms with Crippen molar-refractivity contribution >= 4 is 12.3 Å². The highest BCUT2D eigenvalue weighted by Gasteiger charge is 2.67. The number of nitrogens with zero attached hydrogens (tertiary/aromatic N) is 3. The first kappa shape index (κ1) is 11.6. The number of quaternary nitrogens is 1. The second kappa shape index (κ2) is 3.49. The number of aliphatic imine (C=N–C) groups is 2. The minimum Gasteiger partial charge on any atom is -0.387 e. The lowest BCUT2D eigenvalue weighted by atomic mass is 10.1. The molecule has 0 aromatic rings. The lowest BCUT2D eigenvalue weighted by Gasteiger charge is -2.53. The first-order chi connectivity index (χ1) is 8.58. The number of nitrogens with one attached hydrogen (secondary N) is 1. The summed E-state index contributed by atoms with van der Waals surface area (Å²) in [5, 5.41) is 31.5. The van der Waals surface area contributed by atoms with E-state index in [4.69, 9.17) is 10.5 Å². The van der Waals surface area contributed by atoms with E-state index in [1.54, 1.807) is 0 Å². The second-order valence-electron chi connectivity index (χ2n) is 4.40. The second-order valence-corrected chi connectivity index (χ2v) is 4.40. The number of guanidine groups is 1. The number of nitrogens with two attached hydrogens (primary N) is 1.